The molecule has 2 aromatic rings. The normalized spacial score (nSPS) is 44.9. The van der Waals surface area contributed by atoms with E-state index in [0.29, 0.717) is 57.3 Å². The molecule has 4 saturated carbocycles. The fourth-order valence-corrected chi connectivity index (χ4v) is 22.4. The zero-order chi connectivity index (χ0) is 61.9. The highest BCUT2D eigenvalue weighted by Gasteiger charge is 2.72. The Labute approximate surface area is 519 Å². The summed E-state index contributed by atoms with van der Waals surface area (Å²) in [6.45, 7) is 36.2. The van der Waals surface area contributed by atoms with Crippen molar-refractivity contribution in [2.24, 2.45) is 85.8 Å². The zero-order valence-corrected chi connectivity index (χ0v) is 56.6. The lowest BCUT2D eigenvalue weighted by atomic mass is 9.33. The molecule has 3 heterocycles. The van der Waals surface area contributed by atoms with Crippen molar-refractivity contribution in [2.75, 3.05) is 20.3 Å². The first-order valence-corrected chi connectivity index (χ1v) is 36.5. The number of fused-ring (bicyclic) bond motifs is 7. The van der Waals surface area contributed by atoms with Crippen molar-refractivity contribution >= 4 is 20.6 Å². The van der Waals surface area contributed by atoms with Crippen molar-refractivity contribution in [3.05, 3.63) is 83.4 Å². The summed E-state index contributed by atoms with van der Waals surface area (Å²) in [5, 5.41) is 11.3. The minimum atomic E-state index is -2.26. The molecule has 9 unspecified atom stereocenters. The van der Waals surface area contributed by atoms with Crippen LogP contribution >= 0.6 is 0 Å². The summed E-state index contributed by atoms with van der Waals surface area (Å²) in [5.74, 6) is 0.220. The molecule has 13 heteroatoms. The van der Waals surface area contributed by atoms with Gasteiger partial charge in [-0.05, 0) is 157 Å². The topological polar surface area (TPSA) is 137 Å². The summed E-state index contributed by atoms with van der Waals surface area (Å²) in [7, 11) is -0.515. The molecule has 2 aromatic carbocycles. The van der Waals surface area contributed by atoms with E-state index < -0.39 is 68.4 Å². The lowest BCUT2D eigenvalue weighted by Crippen LogP contribution is -2.68. The molecule has 24 atom stereocenters. The SMILES string of the molecule is CC[Si](CC)(CC)OC1[C@H](OC2[C@H](O[C@H]3CCC4(C)C5CC=C6C7CC(C)(C)CC[C@]7(C(=O)O)C(OC)C[C@@]6(C)[C@@]5(C)CC[C@H]4[C@@]3(C)C=O)OC(Cc3ccccc3)[C@@H](C)[C@@H]2O[C@@H]2OC[C@@H](C)[C@H](C)C2C)OC(COCc2ccccc2)[C@H](C)[C@@H]1C. The second-order valence-electron chi connectivity index (χ2n) is 30.9. The third kappa shape index (κ3) is 11.6. The zero-order valence-electron chi connectivity index (χ0n) is 55.6. The fraction of sp³-hybridized carbons (Fsp3) is 0.781. The van der Waals surface area contributed by atoms with E-state index in [9.17, 15) is 14.7 Å². The molecule has 7 fully saturated rings. The number of hydrogen-bond acceptors (Lipinski definition) is 11. The van der Waals surface area contributed by atoms with E-state index in [1.54, 1.807) is 7.11 Å². The largest absolute Gasteiger partial charge is 0.481 e. The van der Waals surface area contributed by atoms with Crippen molar-refractivity contribution in [3.8, 4) is 0 Å². The molecule has 5 aliphatic carbocycles. The molecule has 10 rings (SSSR count). The first kappa shape index (κ1) is 66.1. The van der Waals surface area contributed by atoms with Crippen molar-refractivity contribution < 1.29 is 57.0 Å². The van der Waals surface area contributed by atoms with E-state index in [2.05, 4.69) is 152 Å². The lowest BCUT2D eigenvalue weighted by Gasteiger charge is -2.71. The van der Waals surface area contributed by atoms with Crippen LogP contribution in [0.15, 0.2) is 72.3 Å². The predicted octanol–water partition coefficient (Wildman–Crippen LogP) is 15.3. The number of aldehydes is 1. The maximum Gasteiger partial charge on any atom is 0.312 e. The van der Waals surface area contributed by atoms with Gasteiger partial charge in [0.05, 0.1) is 61.9 Å². The Morgan fingerprint density at radius 1 is 0.674 bits per heavy atom. The third-order valence-electron chi connectivity index (χ3n) is 26.3. The van der Waals surface area contributed by atoms with Gasteiger partial charge in [0, 0.05) is 18.9 Å². The molecule has 8 aliphatic rings. The van der Waals surface area contributed by atoms with Crippen molar-refractivity contribution in [1.29, 1.82) is 0 Å². The number of allylic oxidation sites excluding steroid dienone is 2. The van der Waals surface area contributed by atoms with Gasteiger partial charge < -0.3 is 52.2 Å². The third-order valence-corrected chi connectivity index (χ3v) is 31.0. The Balaban J connectivity index is 1.02. The first-order valence-electron chi connectivity index (χ1n) is 34.0. The van der Waals surface area contributed by atoms with Gasteiger partial charge in [-0.25, -0.2) is 0 Å². The van der Waals surface area contributed by atoms with Crippen LogP contribution in [0.3, 0.4) is 0 Å². The van der Waals surface area contributed by atoms with E-state index in [4.69, 9.17) is 42.3 Å². The summed E-state index contributed by atoms with van der Waals surface area (Å²) < 4.78 is 65.4. The minimum Gasteiger partial charge on any atom is -0.481 e. The summed E-state index contributed by atoms with van der Waals surface area (Å²) in [4.78, 5) is 28.4. The van der Waals surface area contributed by atoms with Gasteiger partial charge in [-0.2, -0.15) is 0 Å². The van der Waals surface area contributed by atoms with Gasteiger partial charge in [-0.3, -0.25) is 4.79 Å². The molecule has 480 valence electrons. The van der Waals surface area contributed by atoms with Crippen LogP contribution in [0.1, 0.15) is 173 Å². The maximum absolute atomic E-state index is 14.7. The Kier molecular flexibility index (Phi) is 19.8. The van der Waals surface area contributed by atoms with E-state index >= 15 is 0 Å². The molecule has 1 N–H and O–H groups in total. The Bertz CT molecular complexity index is 2640. The Hall–Kier alpha value is -2.82. The van der Waals surface area contributed by atoms with Crippen molar-refractivity contribution in [2.45, 2.75) is 254 Å². The number of ether oxygens (including phenoxy) is 8. The Morgan fingerprint density at radius 3 is 1.95 bits per heavy atom. The molecule has 0 radical (unpaired) electrons. The number of carbonyl (C=O) groups excluding carboxylic acids is 1. The average Bonchev–Trinajstić information content (AvgIpc) is 0.688. The number of carboxylic acid groups (broad SMARTS) is 1. The first-order chi connectivity index (χ1) is 40.8. The van der Waals surface area contributed by atoms with Gasteiger partial charge >= 0.3 is 5.97 Å². The molecule has 3 aliphatic heterocycles. The highest BCUT2D eigenvalue weighted by atomic mass is 28.4. The number of hydrogen-bond donors (Lipinski definition) is 1. The quantitative estimate of drug-likeness (QED) is 0.0585. The lowest BCUT2D eigenvalue weighted by molar-refractivity contribution is -0.381. The second kappa shape index (κ2) is 25.7. The van der Waals surface area contributed by atoms with E-state index in [1.165, 1.54) is 11.9 Å². The molecule has 0 spiro atoms. The summed E-state index contributed by atoms with van der Waals surface area (Å²) in [6.07, 6.45) is 5.90. The number of carbonyl (C=O) groups is 2. The van der Waals surface area contributed by atoms with E-state index in [-0.39, 0.29) is 81.4 Å². The summed E-state index contributed by atoms with van der Waals surface area (Å²) >= 11 is 0. The predicted molar refractivity (Wildman–Crippen MR) is 338 cm³/mol. The number of rotatable bonds is 20. The number of methoxy groups -OCH3 is 1. The highest BCUT2D eigenvalue weighted by molar-refractivity contribution is 6.73. The van der Waals surface area contributed by atoms with Gasteiger partial charge in [0.1, 0.15) is 17.8 Å². The smallest absolute Gasteiger partial charge is 0.312 e. The number of aliphatic carboxylic acids is 1. The van der Waals surface area contributed by atoms with Gasteiger partial charge in [-0.1, -0.05) is 176 Å². The molecule has 86 heavy (non-hydrogen) atoms. The van der Waals surface area contributed by atoms with Crippen LogP contribution in [0.2, 0.25) is 18.1 Å². The van der Waals surface area contributed by atoms with Gasteiger partial charge in [0.2, 0.25) is 0 Å². The van der Waals surface area contributed by atoms with Crippen LogP contribution in [0.5, 0.6) is 0 Å². The summed E-state index contributed by atoms with van der Waals surface area (Å²) in [5.41, 5.74) is 1.10. The van der Waals surface area contributed by atoms with Crippen molar-refractivity contribution in [3.63, 3.8) is 0 Å². The fourth-order valence-electron chi connectivity index (χ4n) is 19.5. The monoisotopic (exact) mass is 1210 g/mol. The van der Waals surface area contributed by atoms with Crippen LogP contribution in [-0.4, -0.2) is 108 Å². The minimum absolute atomic E-state index is 0.000856. The van der Waals surface area contributed by atoms with Crippen LogP contribution < -0.4 is 0 Å². The number of carboxylic acids is 1. The molecule has 0 aromatic heterocycles. The standard InChI is InChI=1S/C73H112O12Si/c1-17-86(18-2,19-3)85-62-48(7)47(6)56(43-78-42-52-28-24-21-25-29-52)81-65(62)84-63-61(83-64-49(8)46(5)45(4)41-79-64)50(9)55(38-51-26-22-20-23-27-51)80-66(63)82-59-33-34-69(12)57(70(59,13)44-74)32-35-71(14)58(69)31-30-53-54-39-68(10,11)36-37-73(54,67(75)76)60(77-16)40-72(53,71)15/h20-30,44-50,54-66H,17-19,31-43H2,1-16H3,(H,75,76)/t45-,46+,47-,48+,49?,50-,54?,55?,56?,57-,58?,59+,60?,61+,62?,63?,64+,65+,66+,69?,70-,71+,72-,73-/m1/s1. The summed E-state index contributed by atoms with van der Waals surface area (Å²) in [6, 6.07) is 23.8. The van der Waals surface area contributed by atoms with Crippen LogP contribution in [0.25, 0.3) is 0 Å². The van der Waals surface area contributed by atoms with Gasteiger partial charge in [0.15, 0.2) is 27.2 Å². The Morgan fingerprint density at radius 2 is 1.31 bits per heavy atom. The van der Waals surface area contributed by atoms with Gasteiger partial charge in [-0.15, -0.1) is 0 Å². The second-order valence-corrected chi connectivity index (χ2v) is 35.6. The molecule has 0 bridgehead atoms. The van der Waals surface area contributed by atoms with E-state index in [0.717, 1.165) is 67.8 Å². The van der Waals surface area contributed by atoms with Crippen LogP contribution in [0, 0.1) is 85.8 Å². The molecule has 3 saturated heterocycles. The van der Waals surface area contributed by atoms with Gasteiger partial charge in [0.25, 0.3) is 0 Å². The molecular weight excluding hydrogens is 1100 g/mol. The van der Waals surface area contributed by atoms with E-state index in [1.807, 2.05) is 18.2 Å². The highest BCUT2D eigenvalue weighted by Crippen LogP contribution is 2.76. The van der Waals surface area contributed by atoms with Crippen molar-refractivity contribution in [1.82, 2.24) is 0 Å². The number of benzene rings is 2. The molecule has 12 nitrogen and oxygen atoms in total. The van der Waals surface area contributed by atoms with Crippen LogP contribution in [-0.2, 0) is 64.9 Å². The molecular formula is C73H112O12Si. The average molecular weight is 1210 g/mol. The molecule has 0 amide bonds. The van der Waals surface area contributed by atoms with Crippen LogP contribution in [0.4, 0.5) is 0 Å². The maximum atomic E-state index is 14.7.